The highest BCUT2D eigenvalue weighted by molar-refractivity contribution is 7.72. The second kappa shape index (κ2) is 6.56. The molecule has 0 spiro atoms. The van der Waals surface area contributed by atoms with Crippen LogP contribution < -0.4 is 10.6 Å². The Morgan fingerprint density at radius 2 is 1.10 bits per heavy atom. The monoisotopic (exact) mass is 292 g/mol. The van der Waals surface area contributed by atoms with Crippen LogP contribution in [0.4, 0.5) is 0 Å². The fraction of sp³-hybridized carbons (Fsp3) is 0.0526. The van der Waals surface area contributed by atoms with Crippen molar-refractivity contribution in [3.05, 3.63) is 90.5 Å². The Kier molecular flexibility index (Phi) is 4.33. The largest absolute Gasteiger partial charge is 0.508 e. The molecule has 0 aliphatic rings. The van der Waals surface area contributed by atoms with Crippen molar-refractivity contribution in [2.45, 2.75) is 6.16 Å². The summed E-state index contributed by atoms with van der Waals surface area (Å²) < 4.78 is 0. The summed E-state index contributed by atoms with van der Waals surface area (Å²) in [6, 6.07) is 28.8. The third-order valence-corrected chi connectivity index (χ3v) is 5.96. The van der Waals surface area contributed by atoms with Crippen LogP contribution in [0.15, 0.2) is 84.9 Å². The maximum atomic E-state index is 10.1. The summed E-state index contributed by atoms with van der Waals surface area (Å²) in [4.78, 5) is 0. The molecule has 0 heterocycles. The topological polar surface area (TPSA) is 20.2 Å². The lowest BCUT2D eigenvalue weighted by Gasteiger charge is -2.19. The van der Waals surface area contributed by atoms with Crippen LogP contribution >= 0.6 is 7.92 Å². The van der Waals surface area contributed by atoms with Crippen molar-refractivity contribution >= 4 is 18.5 Å². The predicted molar refractivity (Wildman–Crippen MR) is 90.9 cm³/mol. The molecule has 0 unspecified atom stereocenters. The maximum Gasteiger partial charge on any atom is 0.119 e. The van der Waals surface area contributed by atoms with Crippen LogP contribution in [0.2, 0.25) is 0 Å². The van der Waals surface area contributed by atoms with Crippen molar-refractivity contribution in [2.75, 3.05) is 0 Å². The lowest BCUT2D eigenvalue weighted by molar-refractivity contribution is 0.470. The van der Waals surface area contributed by atoms with Gasteiger partial charge in [0.2, 0.25) is 0 Å². The zero-order valence-electron chi connectivity index (χ0n) is 11.7. The molecule has 21 heavy (non-hydrogen) atoms. The van der Waals surface area contributed by atoms with E-state index >= 15 is 0 Å². The van der Waals surface area contributed by atoms with E-state index in [1.54, 1.807) is 6.07 Å². The van der Waals surface area contributed by atoms with Crippen LogP contribution in [0.1, 0.15) is 5.56 Å². The molecule has 0 amide bonds. The van der Waals surface area contributed by atoms with Gasteiger partial charge >= 0.3 is 0 Å². The number of para-hydroxylation sites is 1. The third-order valence-electron chi connectivity index (χ3n) is 3.46. The van der Waals surface area contributed by atoms with Crippen molar-refractivity contribution in [1.29, 1.82) is 0 Å². The first-order chi connectivity index (χ1) is 10.3. The van der Waals surface area contributed by atoms with Crippen LogP contribution in [0.3, 0.4) is 0 Å². The first-order valence-electron chi connectivity index (χ1n) is 6.99. The van der Waals surface area contributed by atoms with Gasteiger partial charge in [0.05, 0.1) is 0 Å². The minimum absolute atomic E-state index is 0.386. The molecule has 0 aliphatic heterocycles. The Balaban J connectivity index is 1.99. The van der Waals surface area contributed by atoms with Crippen LogP contribution in [0.25, 0.3) is 0 Å². The van der Waals surface area contributed by atoms with Gasteiger partial charge in [-0.15, -0.1) is 0 Å². The molecule has 1 nitrogen and oxygen atoms in total. The Labute approximate surface area is 126 Å². The molecule has 0 aromatic heterocycles. The first-order valence-corrected chi connectivity index (χ1v) is 8.52. The fourth-order valence-corrected chi connectivity index (χ4v) is 4.70. The summed E-state index contributed by atoms with van der Waals surface area (Å²) in [6.07, 6.45) is 0.857. The molecule has 0 fully saturated rings. The molecular formula is C19H17OP. The van der Waals surface area contributed by atoms with E-state index in [1.807, 2.05) is 30.3 Å². The number of hydrogen-bond donors (Lipinski definition) is 1. The highest BCUT2D eigenvalue weighted by Gasteiger charge is 2.15. The summed E-state index contributed by atoms with van der Waals surface area (Å²) >= 11 is 0. The van der Waals surface area contributed by atoms with Crippen molar-refractivity contribution in [3.63, 3.8) is 0 Å². The van der Waals surface area contributed by atoms with E-state index in [-0.39, 0.29) is 0 Å². The van der Waals surface area contributed by atoms with Gasteiger partial charge in [-0.25, -0.2) is 0 Å². The van der Waals surface area contributed by atoms with Gasteiger partial charge in [0, 0.05) is 6.16 Å². The molecule has 2 heteroatoms. The van der Waals surface area contributed by atoms with Gasteiger partial charge in [-0.3, -0.25) is 0 Å². The van der Waals surface area contributed by atoms with Gasteiger partial charge in [-0.1, -0.05) is 78.9 Å². The number of rotatable bonds is 4. The molecule has 0 saturated carbocycles. The van der Waals surface area contributed by atoms with Gasteiger partial charge in [0.15, 0.2) is 0 Å². The second-order valence-electron chi connectivity index (χ2n) is 4.89. The zero-order chi connectivity index (χ0) is 14.5. The molecule has 3 aromatic carbocycles. The van der Waals surface area contributed by atoms with E-state index in [4.69, 9.17) is 0 Å². The Hall–Kier alpha value is -2.11. The molecule has 3 aromatic rings. The van der Waals surface area contributed by atoms with Gasteiger partial charge in [-0.05, 0) is 30.2 Å². The average molecular weight is 292 g/mol. The summed E-state index contributed by atoms with van der Waals surface area (Å²) in [5.41, 5.74) is 1.01. The van der Waals surface area contributed by atoms with E-state index < -0.39 is 7.92 Å². The van der Waals surface area contributed by atoms with E-state index in [0.29, 0.717) is 5.75 Å². The molecule has 0 bridgehead atoms. The predicted octanol–water partition coefficient (Wildman–Crippen LogP) is 4.03. The lowest BCUT2D eigenvalue weighted by atomic mass is 10.2. The van der Waals surface area contributed by atoms with Gasteiger partial charge in [-0.2, -0.15) is 0 Å². The van der Waals surface area contributed by atoms with Gasteiger partial charge in [0.25, 0.3) is 0 Å². The normalized spacial score (nSPS) is 10.7. The molecule has 0 radical (unpaired) electrons. The number of aromatic hydroxyl groups is 1. The maximum absolute atomic E-state index is 10.1. The molecule has 0 atom stereocenters. The standard InChI is InChI=1S/C19H17OP/c20-19-14-8-7-9-16(19)15-21(17-10-3-1-4-11-17)18-12-5-2-6-13-18/h1-14,20H,15H2. The van der Waals surface area contributed by atoms with Crippen LogP contribution in [0, 0.1) is 0 Å². The van der Waals surface area contributed by atoms with Crippen molar-refractivity contribution < 1.29 is 5.11 Å². The average Bonchev–Trinajstić information content (AvgIpc) is 2.56. The van der Waals surface area contributed by atoms with E-state index in [9.17, 15) is 5.11 Å². The molecule has 3 rings (SSSR count). The van der Waals surface area contributed by atoms with Gasteiger partial charge < -0.3 is 5.11 Å². The smallest absolute Gasteiger partial charge is 0.119 e. The SMILES string of the molecule is Oc1ccccc1CP(c1ccccc1)c1ccccc1. The number of hydrogen-bond acceptors (Lipinski definition) is 1. The lowest BCUT2D eigenvalue weighted by Crippen LogP contribution is -2.12. The highest BCUT2D eigenvalue weighted by atomic mass is 31.1. The first kappa shape index (κ1) is 13.9. The summed E-state index contributed by atoms with van der Waals surface area (Å²) in [6.45, 7) is 0. The zero-order valence-corrected chi connectivity index (χ0v) is 12.6. The molecule has 0 aliphatic carbocycles. The Morgan fingerprint density at radius 3 is 1.62 bits per heavy atom. The van der Waals surface area contributed by atoms with E-state index in [0.717, 1.165) is 11.7 Å². The van der Waals surface area contributed by atoms with Crippen LogP contribution in [-0.4, -0.2) is 5.11 Å². The second-order valence-corrected chi connectivity index (χ2v) is 7.09. The Bertz CT molecular complexity index is 656. The van der Waals surface area contributed by atoms with Crippen molar-refractivity contribution in [3.8, 4) is 5.75 Å². The Morgan fingerprint density at radius 1 is 0.619 bits per heavy atom. The van der Waals surface area contributed by atoms with E-state index in [1.165, 1.54) is 10.6 Å². The van der Waals surface area contributed by atoms with Crippen molar-refractivity contribution in [2.24, 2.45) is 0 Å². The molecular weight excluding hydrogens is 275 g/mol. The van der Waals surface area contributed by atoms with Crippen molar-refractivity contribution in [1.82, 2.24) is 0 Å². The summed E-state index contributed by atoms with van der Waals surface area (Å²) in [7, 11) is -0.503. The summed E-state index contributed by atoms with van der Waals surface area (Å²) in [5, 5.41) is 12.7. The minimum Gasteiger partial charge on any atom is -0.508 e. The molecule has 104 valence electrons. The molecule has 0 saturated heterocycles. The number of benzene rings is 3. The highest BCUT2D eigenvalue weighted by Crippen LogP contribution is 2.39. The minimum atomic E-state index is -0.503. The van der Waals surface area contributed by atoms with Crippen LogP contribution in [-0.2, 0) is 6.16 Å². The van der Waals surface area contributed by atoms with Gasteiger partial charge in [0.1, 0.15) is 5.75 Å². The summed E-state index contributed by atoms with van der Waals surface area (Å²) in [5.74, 6) is 0.386. The fourth-order valence-electron chi connectivity index (χ4n) is 2.36. The quantitative estimate of drug-likeness (QED) is 0.720. The number of phenolic OH excluding ortho intramolecular Hbond substituents is 1. The number of phenols is 1. The third kappa shape index (κ3) is 3.32. The van der Waals surface area contributed by atoms with E-state index in [2.05, 4.69) is 48.5 Å². The molecule has 1 N–H and O–H groups in total. The van der Waals surface area contributed by atoms with Crippen LogP contribution in [0.5, 0.6) is 5.75 Å².